The lowest BCUT2D eigenvalue weighted by Gasteiger charge is -2.63. The molecule has 32 heavy (non-hydrogen) atoms. The average molecular weight is 456 g/mol. The van der Waals surface area contributed by atoms with E-state index in [2.05, 4.69) is 6.58 Å². The normalized spacial score (nSPS) is 31.0. The molecule has 0 aliphatic heterocycles. The molecule has 4 aliphatic carbocycles. The molecule has 2 atom stereocenters. The summed E-state index contributed by atoms with van der Waals surface area (Å²) < 4.78 is 28.6. The Bertz CT molecular complexity index is 1030. The Morgan fingerprint density at radius 1 is 0.938 bits per heavy atom. The molecule has 2 unspecified atom stereocenters. The molecule has 0 saturated heterocycles. The van der Waals surface area contributed by atoms with E-state index in [1.807, 2.05) is 36.4 Å². The quantitative estimate of drug-likeness (QED) is 0.330. The van der Waals surface area contributed by atoms with E-state index in [-0.39, 0.29) is 16.8 Å². The minimum Gasteiger partial charge on any atom is -0.491 e. The summed E-state index contributed by atoms with van der Waals surface area (Å²) in [6.07, 6.45) is 5.15. The molecule has 170 valence electrons. The molecule has 2 aromatic carbocycles. The topological polar surface area (TPSA) is 85.2 Å². The van der Waals surface area contributed by atoms with Gasteiger partial charge < -0.3 is 14.0 Å². The number of rotatable bonds is 8. The second-order valence-electron chi connectivity index (χ2n) is 9.46. The van der Waals surface area contributed by atoms with Crippen LogP contribution in [0.3, 0.4) is 0 Å². The SMILES string of the molecule is C=C1C2(OCCOc3ccccc3)CC3CC(C2)CC1(c1cccc(OP(=O)(O)O)c1)C3. The third-order valence-corrected chi connectivity index (χ3v) is 7.84. The fraction of sp³-hybridized carbons (Fsp3) is 0.440. The third-order valence-electron chi connectivity index (χ3n) is 7.39. The largest absolute Gasteiger partial charge is 0.524 e. The van der Waals surface area contributed by atoms with E-state index in [4.69, 9.17) is 14.0 Å². The molecule has 4 fully saturated rings. The van der Waals surface area contributed by atoms with Gasteiger partial charge in [-0.25, -0.2) is 4.57 Å². The summed E-state index contributed by atoms with van der Waals surface area (Å²) >= 11 is 0. The maximum absolute atomic E-state index is 11.3. The maximum Gasteiger partial charge on any atom is 0.524 e. The van der Waals surface area contributed by atoms with Crippen LogP contribution in [0.2, 0.25) is 0 Å². The second-order valence-corrected chi connectivity index (χ2v) is 10.6. The van der Waals surface area contributed by atoms with E-state index in [9.17, 15) is 14.4 Å². The highest BCUT2D eigenvalue weighted by Gasteiger charge is 2.61. The first-order valence-electron chi connectivity index (χ1n) is 11.2. The lowest BCUT2D eigenvalue weighted by Crippen LogP contribution is -2.60. The highest BCUT2D eigenvalue weighted by molar-refractivity contribution is 7.46. The Labute approximate surface area is 188 Å². The highest BCUT2D eigenvalue weighted by atomic mass is 31.2. The number of benzene rings is 2. The van der Waals surface area contributed by atoms with Crippen LogP contribution >= 0.6 is 7.82 Å². The number of ether oxygens (including phenoxy) is 2. The van der Waals surface area contributed by atoms with Gasteiger partial charge in [-0.2, -0.15) is 0 Å². The fourth-order valence-electron chi connectivity index (χ4n) is 6.48. The predicted octanol–water partition coefficient (Wildman–Crippen LogP) is 5.01. The molecule has 0 heterocycles. The predicted molar refractivity (Wildman–Crippen MR) is 121 cm³/mol. The molecule has 4 saturated carbocycles. The number of para-hydroxylation sites is 1. The minimum absolute atomic E-state index is 0.186. The van der Waals surface area contributed by atoms with Gasteiger partial charge in [0.25, 0.3) is 0 Å². The van der Waals surface area contributed by atoms with Crippen LogP contribution in [0.5, 0.6) is 11.5 Å². The fourth-order valence-corrected chi connectivity index (χ4v) is 6.87. The Morgan fingerprint density at radius 3 is 2.31 bits per heavy atom. The average Bonchev–Trinajstić information content (AvgIpc) is 2.74. The van der Waals surface area contributed by atoms with E-state index in [0.717, 1.165) is 42.6 Å². The summed E-state index contributed by atoms with van der Waals surface area (Å²) in [5.74, 6) is 2.12. The number of hydrogen-bond donors (Lipinski definition) is 2. The zero-order valence-electron chi connectivity index (χ0n) is 18.0. The Kier molecular flexibility index (Phi) is 5.45. The van der Waals surface area contributed by atoms with Gasteiger partial charge in [-0.3, -0.25) is 9.79 Å². The van der Waals surface area contributed by atoms with Crippen molar-refractivity contribution in [3.05, 3.63) is 72.3 Å². The number of phosphoric acid groups is 1. The van der Waals surface area contributed by atoms with E-state index >= 15 is 0 Å². The van der Waals surface area contributed by atoms with Crippen LogP contribution in [0.25, 0.3) is 0 Å². The van der Waals surface area contributed by atoms with Gasteiger partial charge in [0.15, 0.2) is 0 Å². The van der Waals surface area contributed by atoms with E-state index in [0.29, 0.717) is 25.0 Å². The van der Waals surface area contributed by atoms with Crippen LogP contribution in [0, 0.1) is 11.8 Å². The molecule has 4 aliphatic rings. The second kappa shape index (κ2) is 8.03. The van der Waals surface area contributed by atoms with Crippen LogP contribution in [0.4, 0.5) is 0 Å². The standard InChI is InChI=1S/C25H29O6P/c1-18-24(21-6-5-9-23(13-21)31-32(26,27)28)14-19-12-20(15-24)17-25(18,16-19)30-11-10-29-22-7-3-2-4-8-22/h2-9,13,19-20H,1,10-12,14-17H2,(H2,26,27,28). The Balaban J connectivity index is 1.36. The van der Waals surface area contributed by atoms with Gasteiger partial charge in [0.1, 0.15) is 18.1 Å². The Hall–Kier alpha value is -2.11. The first kappa shape index (κ1) is 21.7. The molecule has 6 nitrogen and oxygen atoms in total. The summed E-state index contributed by atoms with van der Waals surface area (Å²) in [6, 6.07) is 16.9. The van der Waals surface area contributed by atoms with Gasteiger partial charge in [-0.15, -0.1) is 0 Å². The van der Waals surface area contributed by atoms with Gasteiger partial charge >= 0.3 is 7.82 Å². The lowest BCUT2D eigenvalue weighted by molar-refractivity contribution is -0.132. The van der Waals surface area contributed by atoms with Crippen molar-refractivity contribution in [3.63, 3.8) is 0 Å². The third kappa shape index (κ3) is 4.01. The van der Waals surface area contributed by atoms with Crippen molar-refractivity contribution >= 4 is 7.82 Å². The van der Waals surface area contributed by atoms with Gasteiger partial charge in [0.2, 0.25) is 0 Å². The van der Waals surface area contributed by atoms with Gasteiger partial charge in [0, 0.05) is 5.41 Å². The van der Waals surface area contributed by atoms with Crippen LogP contribution in [0.1, 0.15) is 37.7 Å². The van der Waals surface area contributed by atoms with Crippen LogP contribution in [-0.2, 0) is 14.7 Å². The molecular weight excluding hydrogens is 427 g/mol. The van der Waals surface area contributed by atoms with E-state index in [1.165, 1.54) is 6.42 Å². The van der Waals surface area contributed by atoms with Crippen LogP contribution in [0.15, 0.2) is 66.7 Å². The monoisotopic (exact) mass is 456 g/mol. The first-order valence-corrected chi connectivity index (χ1v) is 12.7. The van der Waals surface area contributed by atoms with E-state index in [1.54, 1.807) is 18.2 Å². The highest BCUT2D eigenvalue weighted by Crippen LogP contribution is 2.65. The molecule has 0 aromatic heterocycles. The van der Waals surface area contributed by atoms with E-state index < -0.39 is 7.82 Å². The smallest absolute Gasteiger partial charge is 0.491 e. The van der Waals surface area contributed by atoms with Crippen LogP contribution < -0.4 is 9.26 Å². The zero-order chi connectivity index (χ0) is 22.4. The van der Waals surface area contributed by atoms with Gasteiger partial charge in [-0.05, 0) is 79.3 Å². The molecule has 7 heteroatoms. The maximum atomic E-state index is 11.3. The molecule has 2 N–H and O–H groups in total. The molecule has 6 rings (SSSR count). The summed E-state index contributed by atoms with van der Waals surface area (Å²) in [5.41, 5.74) is 1.48. The first-order chi connectivity index (χ1) is 15.3. The zero-order valence-corrected chi connectivity index (χ0v) is 18.9. The number of hydrogen-bond acceptors (Lipinski definition) is 4. The van der Waals surface area contributed by atoms with Crippen molar-refractivity contribution in [3.8, 4) is 11.5 Å². The molecule has 0 spiro atoms. The Morgan fingerprint density at radius 2 is 1.62 bits per heavy atom. The van der Waals surface area contributed by atoms with Crippen LogP contribution in [-0.4, -0.2) is 28.6 Å². The van der Waals surface area contributed by atoms with Gasteiger partial charge in [0.05, 0.1) is 12.2 Å². The molecule has 4 bridgehead atoms. The molecular formula is C25H29O6P. The summed E-state index contributed by atoms with van der Waals surface area (Å²) in [5, 5.41) is 0. The lowest BCUT2D eigenvalue weighted by atomic mass is 9.44. The molecule has 0 amide bonds. The summed E-state index contributed by atoms with van der Waals surface area (Å²) in [4.78, 5) is 18.5. The number of phosphoric ester groups is 1. The van der Waals surface area contributed by atoms with Crippen molar-refractivity contribution < 1.29 is 28.3 Å². The molecule has 0 radical (unpaired) electrons. The van der Waals surface area contributed by atoms with Gasteiger partial charge in [-0.1, -0.05) is 36.9 Å². The summed E-state index contributed by atoms with van der Waals surface area (Å²) in [7, 11) is -4.61. The molecule has 2 aromatic rings. The van der Waals surface area contributed by atoms with Crippen molar-refractivity contribution in [1.82, 2.24) is 0 Å². The van der Waals surface area contributed by atoms with Crippen molar-refractivity contribution in [2.24, 2.45) is 11.8 Å². The minimum atomic E-state index is -4.61. The summed E-state index contributed by atoms with van der Waals surface area (Å²) in [6.45, 7) is 5.53. The van der Waals surface area contributed by atoms with Crippen molar-refractivity contribution in [2.75, 3.05) is 13.2 Å². The van der Waals surface area contributed by atoms with Crippen molar-refractivity contribution in [1.29, 1.82) is 0 Å². The van der Waals surface area contributed by atoms with Crippen molar-refractivity contribution in [2.45, 2.75) is 43.1 Å².